The molecule has 0 saturated carbocycles. The van der Waals surface area contributed by atoms with Crippen molar-refractivity contribution < 1.29 is 10.2 Å². The summed E-state index contributed by atoms with van der Waals surface area (Å²) in [5.74, 6) is 0. The highest BCUT2D eigenvalue weighted by molar-refractivity contribution is 4.57. The van der Waals surface area contributed by atoms with Crippen LogP contribution in [0.25, 0.3) is 0 Å². The summed E-state index contributed by atoms with van der Waals surface area (Å²) in [5.41, 5.74) is 0. The molecule has 62 valence electrons. The highest BCUT2D eigenvalue weighted by atomic mass is 16.3. The molecule has 0 aliphatic carbocycles. The summed E-state index contributed by atoms with van der Waals surface area (Å²) in [6, 6.07) is 0. The van der Waals surface area contributed by atoms with Crippen molar-refractivity contribution in [2.75, 3.05) is 0 Å². The molecule has 0 heterocycles. The molecule has 0 bridgehead atoms. The molecule has 0 spiro atoms. The number of aliphatic hydroxyl groups excluding tert-OH is 2. The van der Waals surface area contributed by atoms with Crippen molar-refractivity contribution in [2.45, 2.75) is 51.7 Å². The third-order valence-electron chi connectivity index (χ3n) is 1.78. The molecule has 0 aromatic carbocycles. The standard InChI is InChI=1S/C8H18O2/c1-3-7(9)5-6-8(10)4-2/h7-10H,3-6H2,1-2H3/t7-,8-/m0/s1. The Bertz CT molecular complexity index is 63.7. The lowest BCUT2D eigenvalue weighted by molar-refractivity contribution is 0.109. The van der Waals surface area contributed by atoms with Crippen LogP contribution in [0.5, 0.6) is 0 Å². The molecule has 0 aromatic heterocycles. The van der Waals surface area contributed by atoms with E-state index in [0.29, 0.717) is 0 Å². The van der Waals surface area contributed by atoms with Gasteiger partial charge in [0.2, 0.25) is 0 Å². The van der Waals surface area contributed by atoms with E-state index < -0.39 is 0 Å². The minimum absolute atomic E-state index is 0.221. The maximum absolute atomic E-state index is 9.09. The molecule has 10 heavy (non-hydrogen) atoms. The summed E-state index contributed by atoms with van der Waals surface area (Å²) in [5, 5.41) is 18.2. The van der Waals surface area contributed by atoms with E-state index >= 15 is 0 Å². The highest BCUT2D eigenvalue weighted by Gasteiger charge is 2.04. The van der Waals surface area contributed by atoms with Crippen LogP contribution in [0.1, 0.15) is 39.5 Å². The lowest BCUT2D eigenvalue weighted by Crippen LogP contribution is -2.11. The first-order valence-corrected chi connectivity index (χ1v) is 4.06. The first kappa shape index (κ1) is 9.92. The van der Waals surface area contributed by atoms with Gasteiger partial charge in [0, 0.05) is 0 Å². The second-order valence-corrected chi connectivity index (χ2v) is 2.70. The minimum Gasteiger partial charge on any atom is -0.393 e. The number of aliphatic hydroxyl groups is 2. The zero-order valence-corrected chi connectivity index (χ0v) is 6.88. The van der Waals surface area contributed by atoms with Crippen LogP contribution in [0.2, 0.25) is 0 Å². The monoisotopic (exact) mass is 146 g/mol. The van der Waals surface area contributed by atoms with Crippen LogP contribution in [-0.2, 0) is 0 Å². The Kier molecular flexibility index (Phi) is 5.64. The van der Waals surface area contributed by atoms with Gasteiger partial charge in [0.05, 0.1) is 12.2 Å². The third kappa shape index (κ3) is 4.77. The molecule has 0 saturated heterocycles. The van der Waals surface area contributed by atoms with Crippen molar-refractivity contribution in [3.8, 4) is 0 Å². The summed E-state index contributed by atoms with van der Waals surface area (Å²) < 4.78 is 0. The van der Waals surface area contributed by atoms with Crippen LogP contribution in [0.3, 0.4) is 0 Å². The Morgan fingerprint density at radius 2 is 1.20 bits per heavy atom. The number of rotatable bonds is 5. The van der Waals surface area contributed by atoms with Gasteiger partial charge in [0.1, 0.15) is 0 Å². The zero-order valence-electron chi connectivity index (χ0n) is 6.88. The summed E-state index contributed by atoms with van der Waals surface area (Å²) in [6.45, 7) is 3.89. The predicted octanol–water partition coefficient (Wildman–Crippen LogP) is 1.31. The number of hydrogen-bond donors (Lipinski definition) is 2. The fourth-order valence-corrected chi connectivity index (χ4v) is 0.793. The van der Waals surface area contributed by atoms with E-state index in [2.05, 4.69) is 0 Å². The Labute approximate surface area is 62.9 Å². The van der Waals surface area contributed by atoms with E-state index in [1.165, 1.54) is 0 Å². The summed E-state index contributed by atoms with van der Waals surface area (Å²) in [7, 11) is 0. The van der Waals surface area contributed by atoms with Crippen LogP contribution in [-0.4, -0.2) is 22.4 Å². The number of hydrogen-bond acceptors (Lipinski definition) is 2. The third-order valence-corrected chi connectivity index (χ3v) is 1.78. The molecule has 0 fully saturated rings. The second kappa shape index (κ2) is 5.69. The van der Waals surface area contributed by atoms with Crippen LogP contribution >= 0.6 is 0 Å². The van der Waals surface area contributed by atoms with Gasteiger partial charge in [-0.05, 0) is 25.7 Å². The first-order chi connectivity index (χ1) is 4.70. The fraction of sp³-hybridized carbons (Fsp3) is 1.00. The maximum Gasteiger partial charge on any atom is 0.0538 e. The van der Waals surface area contributed by atoms with Gasteiger partial charge in [0.15, 0.2) is 0 Å². The van der Waals surface area contributed by atoms with Crippen LogP contribution in [0, 0.1) is 0 Å². The minimum atomic E-state index is -0.221. The Hall–Kier alpha value is -0.0800. The maximum atomic E-state index is 9.09. The van der Waals surface area contributed by atoms with E-state index in [9.17, 15) is 0 Å². The summed E-state index contributed by atoms with van der Waals surface area (Å²) >= 11 is 0. The largest absolute Gasteiger partial charge is 0.393 e. The lowest BCUT2D eigenvalue weighted by Gasteiger charge is -2.10. The van der Waals surface area contributed by atoms with Gasteiger partial charge < -0.3 is 10.2 Å². The van der Waals surface area contributed by atoms with Crippen LogP contribution < -0.4 is 0 Å². The van der Waals surface area contributed by atoms with Crippen molar-refractivity contribution in [3.05, 3.63) is 0 Å². The predicted molar refractivity (Wildman–Crippen MR) is 41.8 cm³/mol. The molecule has 0 unspecified atom stereocenters. The molecule has 2 heteroatoms. The van der Waals surface area contributed by atoms with Gasteiger partial charge in [-0.3, -0.25) is 0 Å². The SMILES string of the molecule is CC[C@H](O)CC[C@@H](O)CC. The smallest absolute Gasteiger partial charge is 0.0538 e. The molecule has 2 N–H and O–H groups in total. The van der Waals surface area contributed by atoms with Gasteiger partial charge >= 0.3 is 0 Å². The average molecular weight is 146 g/mol. The van der Waals surface area contributed by atoms with Gasteiger partial charge in [0.25, 0.3) is 0 Å². The molecular formula is C8H18O2. The Morgan fingerprint density at radius 3 is 1.40 bits per heavy atom. The highest BCUT2D eigenvalue weighted by Crippen LogP contribution is 2.06. The summed E-state index contributed by atoms with van der Waals surface area (Å²) in [4.78, 5) is 0. The second-order valence-electron chi connectivity index (χ2n) is 2.70. The molecule has 2 atom stereocenters. The van der Waals surface area contributed by atoms with E-state index in [4.69, 9.17) is 10.2 Å². The molecule has 0 aromatic rings. The molecule has 0 aliphatic rings. The molecule has 2 nitrogen and oxygen atoms in total. The van der Waals surface area contributed by atoms with Crippen molar-refractivity contribution in [1.82, 2.24) is 0 Å². The van der Waals surface area contributed by atoms with Gasteiger partial charge in [-0.15, -0.1) is 0 Å². The van der Waals surface area contributed by atoms with E-state index in [0.717, 1.165) is 25.7 Å². The molecular weight excluding hydrogens is 128 g/mol. The quantitative estimate of drug-likeness (QED) is 0.614. The van der Waals surface area contributed by atoms with Crippen molar-refractivity contribution in [3.63, 3.8) is 0 Å². The molecule has 0 radical (unpaired) electrons. The van der Waals surface area contributed by atoms with Crippen molar-refractivity contribution in [1.29, 1.82) is 0 Å². The van der Waals surface area contributed by atoms with E-state index in [1.807, 2.05) is 13.8 Å². The Morgan fingerprint density at radius 1 is 0.900 bits per heavy atom. The normalized spacial score (nSPS) is 16.8. The molecule has 0 rings (SSSR count). The van der Waals surface area contributed by atoms with Crippen molar-refractivity contribution >= 4 is 0 Å². The summed E-state index contributed by atoms with van der Waals surface area (Å²) in [6.07, 6.45) is 2.59. The van der Waals surface area contributed by atoms with E-state index in [-0.39, 0.29) is 12.2 Å². The molecule has 0 amide bonds. The van der Waals surface area contributed by atoms with Crippen LogP contribution in [0.15, 0.2) is 0 Å². The van der Waals surface area contributed by atoms with Crippen LogP contribution in [0.4, 0.5) is 0 Å². The lowest BCUT2D eigenvalue weighted by atomic mass is 10.1. The Balaban J connectivity index is 3.17. The van der Waals surface area contributed by atoms with E-state index in [1.54, 1.807) is 0 Å². The zero-order chi connectivity index (χ0) is 7.98. The first-order valence-electron chi connectivity index (χ1n) is 4.06. The van der Waals surface area contributed by atoms with Gasteiger partial charge in [-0.25, -0.2) is 0 Å². The van der Waals surface area contributed by atoms with Gasteiger partial charge in [-0.1, -0.05) is 13.8 Å². The fourth-order valence-electron chi connectivity index (χ4n) is 0.793. The average Bonchev–Trinajstić information content (AvgIpc) is 1.99. The molecule has 0 aliphatic heterocycles. The van der Waals surface area contributed by atoms with Gasteiger partial charge in [-0.2, -0.15) is 0 Å². The van der Waals surface area contributed by atoms with Crippen molar-refractivity contribution in [2.24, 2.45) is 0 Å². The topological polar surface area (TPSA) is 40.5 Å².